The van der Waals surface area contributed by atoms with Crippen molar-refractivity contribution < 1.29 is 4.79 Å². The van der Waals surface area contributed by atoms with Gasteiger partial charge in [-0.2, -0.15) is 10.5 Å². The SMILES string of the molecule is Cn1c(SCC(=O)N(CCC#N)CCC#N)nc2cc3ccccc3cc2c1=O. The first kappa shape index (κ1) is 20.4. The van der Waals surface area contributed by atoms with Gasteiger partial charge < -0.3 is 4.90 Å². The Balaban J connectivity index is 1.85. The maximum absolute atomic E-state index is 12.8. The van der Waals surface area contributed by atoms with Gasteiger partial charge in [-0.15, -0.1) is 0 Å². The van der Waals surface area contributed by atoms with Gasteiger partial charge in [0.15, 0.2) is 5.16 Å². The van der Waals surface area contributed by atoms with E-state index in [1.165, 1.54) is 21.2 Å². The minimum atomic E-state index is -0.187. The molecule has 3 rings (SSSR count). The highest BCUT2D eigenvalue weighted by atomic mass is 32.2. The highest BCUT2D eigenvalue weighted by Crippen LogP contribution is 2.22. The van der Waals surface area contributed by atoms with Gasteiger partial charge in [0.25, 0.3) is 5.56 Å². The molecule has 0 atom stereocenters. The fourth-order valence-corrected chi connectivity index (χ4v) is 3.89. The zero-order valence-corrected chi connectivity index (χ0v) is 16.8. The summed E-state index contributed by atoms with van der Waals surface area (Å²) >= 11 is 1.18. The Morgan fingerprint density at radius 1 is 1.14 bits per heavy atom. The van der Waals surface area contributed by atoms with Crippen LogP contribution in [-0.2, 0) is 11.8 Å². The zero-order chi connectivity index (χ0) is 20.8. The van der Waals surface area contributed by atoms with Crippen LogP contribution in [0.4, 0.5) is 0 Å². The molecule has 0 aliphatic rings. The van der Waals surface area contributed by atoms with Gasteiger partial charge in [0.2, 0.25) is 5.91 Å². The lowest BCUT2D eigenvalue weighted by Crippen LogP contribution is -2.34. The van der Waals surface area contributed by atoms with E-state index in [4.69, 9.17) is 10.5 Å². The van der Waals surface area contributed by atoms with Gasteiger partial charge in [-0.3, -0.25) is 14.2 Å². The van der Waals surface area contributed by atoms with E-state index in [0.29, 0.717) is 16.1 Å². The average Bonchev–Trinajstić information content (AvgIpc) is 2.74. The van der Waals surface area contributed by atoms with E-state index in [2.05, 4.69) is 4.98 Å². The van der Waals surface area contributed by atoms with E-state index in [1.54, 1.807) is 7.05 Å². The maximum Gasteiger partial charge on any atom is 0.261 e. The molecule has 0 bridgehead atoms. The minimum Gasteiger partial charge on any atom is -0.340 e. The normalized spacial score (nSPS) is 10.6. The number of fused-ring (bicyclic) bond motifs is 2. The molecule has 0 radical (unpaired) electrons. The second-order valence-electron chi connectivity index (χ2n) is 6.46. The Morgan fingerprint density at radius 3 is 2.38 bits per heavy atom. The van der Waals surface area contributed by atoms with Crippen molar-refractivity contribution in [3.8, 4) is 12.1 Å². The van der Waals surface area contributed by atoms with Gasteiger partial charge in [-0.05, 0) is 22.9 Å². The van der Waals surface area contributed by atoms with E-state index in [1.807, 2.05) is 48.5 Å². The number of carbonyl (C=O) groups excluding carboxylic acids is 1. The van der Waals surface area contributed by atoms with E-state index in [0.717, 1.165) is 10.8 Å². The predicted octanol–water partition coefficient (Wildman–Crippen LogP) is 2.83. The number of amides is 1. The molecule has 0 spiro atoms. The first-order valence-electron chi connectivity index (χ1n) is 9.09. The monoisotopic (exact) mass is 405 g/mol. The molecule has 0 aliphatic heterocycles. The van der Waals surface area contributed by atoms with Crippen molar-refractivity contribution in [1.29, 1.82) is 10.5 Å². The smallest absolute Gasteiger partial charge is 0.261 e. The second-order valence-corrected chi connectivity index (χ2v) is 7.40. The highest BCUT2D eigenvalue weighted by Gasteiger charge is 2.16. The lowest BCUT2D eigenvalue weighted by Gasteiger charge is -2.20. The molecule has 146 valence electrons. The van der Waals surface area contributed by atoms with E-state index >= 15 is 0 Å². The van der Waals surface area contributed by atoms with Crippen molar-refractivity contribution in [3.63, 3.8) is 0 Å². The summed E-state index contributed by atoms with van der Waals surface area (Å²) in [6.07, 6.45) is 0.420. The Kier molecular flexibility index (Phi) is 6.48. The van der Waals surface area contributed by atoms with Crippen LogP contribution in [0.15, 0.2) is 46.3 Å². The van der Waals surface area contributed by atoms with E-state index < -0.39 is 0 Å². The summed E-state index contributed by atoms with van der Waals surface area (Å²) in [6.45, 7) is 0.571. The van der Waals surface area contributed by atoms with Crippen LogP contribution in [0.5, 0.6) is 0 Å². The molecular weight excluding hydrogens is 386 g/mol. The Morgan fingerprint density at radius 2 is 1.76 bits per heavy atom. The van der Waals surface area contributed by atoms with Gasteiger partial charge in [-0.25, -0.2) is 4.98 Å². The molecule has 1 heterocycles. The van der Waals surface area contributed by atoms with Gasteiger partial charge >= 0.3 is 0 Å². The van der Waals surface area contributed by atoms with Crippen LogP contribution in [0.25, 0.3) is 21.7 Å². The third-order valence-electron chi connectivity index (χ3n) is 4.57. The van der Waals surface area contributed by atoms with Crippen molar-refractivity contribution in [2.75, 3.05) is 18.8 Å². The molecule has 0 fully saturated rings. The first-order chi connectivity index (χ1) is 14.0. The molecule has 7 nitrogen and oxygen atoms in total. The van der Waals surface area contributed by atoms with Crippen LogP contribution < -0.4 is 5.56 Å². The van der Waals surface area contributed by atoms with Gasteiger partial charge in [0.1, 0.15) is 0 Å². The summed E-state index contributed by atoms with van der Waals surface area (Å²) in [7, 11) is 1.64. The van der Waals surface area contributed by atoms with Crippen molar-refractivity contribution in [2.45, 2.75) is 18.0 Å². The summed E-state index contributed by atoms with van der Waals surface area (Å²) in [6, 6.07) is 15.5. The molecule has 0 saturated carbocycles. The molecule has 29 heavy (non-hydrogen) atoms. The topological polar surface area (TPSA) is 103 Å². The average molecular weight is 405 g/mol. The summed E-state index contributed by atoms with van der Waals surface area (Å²) in [5, 5.41) is 20.5. The van der Waals surface area contributed by atoms with Crippen molar-refractivity contribution in [1.82, 2.24) is 14.5 Å². The third-order valence-corrected chi connectivity index (χ3v) is 5.58. The number of aromatic nitrogens is 2. The van der Waals surface area contributed by atoms with Crippen molar-refractivity contribution in [2.24, 2.45) is 7.05 Å². The summed E-state index contributed by atoms with van der Waals surface area (Å²) in [4.78, 5) is 31.4. The quantitative estimate of drug-likeness (QED) is 0.340. The first-order valence-corrected chi connectivity index (χ1v) is 10.1. The largest absolute Gasteiger partial charge is 0.340 e. The summed E-state index contributed by atoms with van der Waals surface area (Å²) in [5.41, 5.74) is 0.425. The lowest BCUT2D eigenvalue weighted by atomic mass is 10.1. The fourth-order valence-electron chi connectivity index (χ4n) is 3.02. The standard InChI is InChI=1S/C21H19N5O2S/c1-25-20(28)17-12-15-6-2-3-7-16(15)13-18(17)24-21(25)29-14-19(27)26(10-4-8-22)11-5-9-23/h2-3,6-7,12-13H,4-5,10-11,14H2,1H3. The number of carbonyl (C=O) groups is 1. The molecule has 3 aromatic rings. The van der Waals surface area contributed by atoms with Crippen molar-refractivity contribution >= 4 is 39.3 Å². The van der Waals surface area contributed by atoms with Crippen LogP contribution >= 0.6 is 11.8 Å². The number of rotatable bonds is 7. The van der Waals surface area contributed by atoms with Gasteiger partial charge in [0, 0.05) is 20.1 Å². The highest BCUT2D eigenvalue weighted by molar-refractivity contribution is 7.99. The molecule has 0 aliphatic carbocycles. The Bertz CT molecular complexity index is 1190. The second kappa shape index (κ2) is 9.22. The third kappa shape index (κ3) is 4.56. The number of thioether (sulfide) groups is 1. The van der Waals surface area contributed by atoms with Gasteiger partial charge in [0.05, 0.1) is 41.6 Å². The van der Waals surface area contributed by atoms with Gasteiger partial charge in [-0.1, -0.05) is 36.0 Å². The van der Waals surface area contributed by atoms with Crippen molar-refractivity contribution in [3.05, 3.63) is 46.8 Å². The number of hydrogen-bond donors (Lipinski definition) is 0. The van der Waals surface area contributed by atoms with Crippen LogP contribution in [0, 0.1) is 22.7 Å². The van der Waals surface area contributed by atoms with Crippen LogP contribution in [0.2, 0.25) is 0 Å². The van der Waals surface area contributed by atoms with E-state index in [9.17, 15) is 9.59 Å². The summed E-state index contributed by atoms with van der Waals surface area (Å²) in [5.74, 6) is -0.107. The Hall–Kier alpha value is -3.36. The summed E-state index contributed by atoms with van der Waals surface area (Å²) < 4.78 is 1.45. The molecule has 2 aromatic carbocycles. The lowest BCUT2D eigenvalue weighted by molar-refractivity contribution is -0.128. The number of benzene rings is 2. The minimum absolute atomic E-state index is 0.0796. The molecule has 8 heteroatoms. The van der Waals surface area contributed by atoms with Crippen LogP contribution in [-0.4, -0.2) is 39.2 Å². The van der Waals surface area contributed by atoms with Crippen LogP contribution in [0.3, 0.4) is 0 Å². The molecule has 1 amide bonds. The fraction of sp³-hybridized carbons (Fsp3) is 0.286. The zero-order valence-electron chi connectivity index (χ0n) is 16.0. The molecule has 0 unspecified atom stereocenters. The molecule has 0 saturated heterocycles. The number of nitriles is 2. The number of nitrogens with zero attached hydrogens (tertiary/aromatic N) is 5. The predicted molar refractivity (Wildman–Crippen MR) is 112 cm³/mol. The molecular formula is C21H19N5O2S. The number of hydrogen-bond acceptors (Lipinski definition) is 6. The maximum atomic E-state index is 12.8. The molecule has 0 N–H and O–H groups in total. The Labute approximate surface area is 172 Å². The van der Waals surface area contributed by atoms with Crippen LogP contribution in [0.1, 0.15) is 12.8 Å². The van der Waals surface area contributed by atoms with E-state index in [-0.39, 0.29) is 43.2 Å². The molecule has 1 aromatic heterocycles.